The van der Waals surface area contributed by atoms with Gasteiger partial charge in [0.25, 0.3) is 0 Å². The number of fused-ring (bicyclic) bond motifs is 1. The molecule has 1 fully saturated rings. The summed E-state index contributed by atoms with van der Waals surface area (Å²) in [5.41, 5.74) is -0.480. The van der Waals surface area contributed by atoms with Crippen molar-refractivity contribution >= 4 is 21.2 Å². The van der Waals surface area contributed by atoms with E-state index < -0.39 is 21.6 Å². The first kappa shape index (κ1) is 17.6. The number of nitrogens with one attached hydrogen (secondary N) is 1. The molecular weight excluding hydrogens is 383 g/mol. The van der Waals surface area contributed by atoms with E-state index in [4.69, 9.17) is 4.78 Å². The van der Waals surface area contributed by atoms with Crippen LogP contribution in [0.25, 0.3) is 17.2 Å². The Balaban J connectivity index is 1.72. The third-order valence-corrected chi connectivity index (χ3v) is 5.95. The Morgan fingerprint density at radius 2 is 1.85 bits per heavy atom. The fraction of sp³-hybridized carbons (Fsp3) is 0.333. The first-order chi connectivity index (χ1) is 12.7. The highest BCUT2D eigenvalue weighted by Crippen LogP contribution is 2.28. The maximum atomic E-state index is 13.0. The zero-order valence-electron chi connectivity index (χ0n) is 13.8. The third kappa shape index (κ3) is 3.44. The van der Waals surface area contributed by atoms with E-state index in [2.05, 4.69) is 19.9 Å². The van der Waals surface area contributed by atoms with Crippen molar-refractivity contribution in [2.45, 2.75) is 6.18 Å². The number of aromatic nitrogens is 5. The number of hydrogen-bond donors (Lipinski definition) is 1. The van der Waals surface area contributed by atoms with Gasteiger partial charge in [-0.2, -0.15) is 13.2 Å². The van der Waals surface area contributed by atoms with Gasteiger partial charge in [0.15, 0.2) is 17.2 Å². The molecule has 0 radical (unpaired) electrons. The number of imidazole rings is 1. The van der Waals surface area contributed by atoms with Crippen LogP contribution >= 0.6 is 0 Å². The predicted molar refractivity (Wildman–Crippen MR) is 91.8 cm³/mol. The molecule has 0 atom stereocenters. The Labute approximate surface area is 152 Å². The third-order valence-electron chi connectivity index (χ3n) is 4.26. The molecule has 27 heavy (non-hydrogen) atoms. The quantitative estimate of drug-likeness (QED) is 0.711. The first-order valence-corrected chi connectivity index (χ1v) is 9.85. The Kier molecular flexibility index (Phi) is 4.02. The molecule has 3 aromatic heterocycles. The maximum Gasteiger partial charge on any atom is 0.434 e. The molecule has 4 rings (SSSR count). The number of halogens is 3. The molecule has 8 nitrogen and oxygen atoms in total. The van der Waals surface area contributed by atoms with Crippen LogP contribution in [0.15, 0.2) is 30.9 Å². The van der Waals surface area contributed by atoms with E-state index in [1.807, 2.05) is 4.90 Å². The molecule has 3 aromatic rings. The number of anilines is 1. The van der Waals surface area contributed by atoms with E-state index in [-0.39, 0.29) is 23.0 Å². The van der Waals surface area contributed by atoms with Crippen LogP contribution in [-0.2, 0) is 15.9 Å². The van der Waals surface area contributed by atoms with Gasteiger partial charge in [-0.15, -0.1) is 0 Å². The van der Waals surface area contributed by atoms with Gasteiger partial charge in [0.2, 0.25) is 0 Å². The molecule has 1 N–H and O–H groups in total. The fourth-order valence-electron chi connectivity index (χ4n) is 2.81. The Bertz CT molecular complexity index is 1100. The van der Waals surface area contributed by atoms with Crippen molar-refractivity contribution in [3.05, 3.63) is 36.5 Å². The number of nitrogens with zero attached hydrogens (tertiary/aromatic N) is 6. The van der Waals surface area contributed by atoms with E-state index in [9.17, 15) is 17.4 Å². The van der Waals surface area contributed by atoms with Gasteiger partial charge in [-0.25, -0.2) is 24.1 Å². The van der Waals surface area contributed by atoms with E-state index in [1.165, 1.54) is 16.8 Å². The molecule has 142 valence electrons. The van der Waals surface area contributed by atoms with Crippen LogP contribution in [0, 0.1) is 4.78 Å². The number of rotatable bonds is 2. The highest BCUT2D eigenvalue weighted by molar-refractivity contribution is 7.92. The van der Waals surface area contributed by atoms with Crippen LogP contribution in [-0.4, -0.2) is 53.1 Å². The summed E-state index contributed by atoms with van der Waals surface area (Å²) in [5.74, 6) is 1.29. The van der Waals surface area contributed by atoms with Gasteiger partial charge in [0.1, 0.15) is 11.5 Å². The van der Waals surface area contributed by atoms with Crippen LogP contribution in [0.1, 0.15) is 5.69 Å². The zero-order chi connectivity index (χ0) is 19.2. The van der Waals surface area contributed by atoms with Crippen molar-refractivity contribution < 1.29 is 17.4 Å². The predicted octanol–water partition coefficient (Wildman–Crippen LogP) is 2.07. The van der Waals surface area contributed by atoms with Crippen LogP contribution in [0.5, 0.6) is 0 Å². The summed E-state index contributed by atoms with van der Waals surface area (Å²) >= 11 is 0. The second kappa shape index (κ2) is 6.15. The largest absolute Gasteiger partial charge is 0.434 e. The normalized spacial score (nSPS) is 17.4. The smallest absolute Gasteiger partial charge is 0.355 e. The summed E-state index contributed by atoms with van der Waals surface area (Å²) < 4.78 is 59.6. The number of alkyl halides is 3. The molecule has 0 aliphatic carbocycles. The van der Waals surface area contributed by atoms with E-state index in [1.54, 1.807) is 6.07 Å². The van der Waals surface area contributed by atoms with Crippen molar-refractivity contribution in [1.82, 2.24) is 24.3 Å². The Morgan fingerprint density at radius 1 is 1.11 bits per heavy atom. The van der Waals surface area contributed by atoms with Crippen LogP contribution in [0.2, 0.25) is 0 Å². The van der Waals surface area contributed by atoms with Gasteiger partial charge in [-0.05, 0) is 6.07 Å². The topological polar surface area (TPSA) is 100 Å². The summed E-state index contributed by atoms with van der Waals surface area (Å²) in [6.07, 6.45) is 0.240. The van der Waals surface area contributed by atoms with Crippen molar-refractivity contribution in [1.29, 1.82) is 4.78 Å². The summed E-state index contributed by atoms with van der Waals surface area (Å²) in [4.78, 5) is 17.9. The highest BCUT2D eigenvalue weighted by Gasteiger charge is 2.33. The molecule has 4 heterocycles. The molecule has 0 unspecified atom stereocenters. The van der Waals surface area contributed by atoms with Crippen molar-refractivity contribution in [3.8, 4) is 11.5 Å². The molecular formula is C15H14F3N7OS. The van der Waals surface area contributed by atoms with Crippen molar-refractivity contribution in [3.63, 3.8) is 0 Å². The van der Waals surface area contributed by atoms with E-state index in [0.29, 0.717) is 24.6 Å². The lowest BCUT2D eigenvalue weighted by Gasteiger charge is -2.28. The fourth-order valence-corrected chi connectivity index (χ4v) is 4.04. The average Bonchev–Trinajstić information content (AvgIpc) is 3.04. The maximum absolute atomic E-state index is 13.0. The second-order valence-electron chi connectivity index (χ2n) is 6.09. The monoisotopic (exact) mass is 397 g/mol. The summed E-state index contributed by atoms with van der Waals surface area (Å²) in [6, 6.07) is 1.67. The lowest BCUT2D eigenvalue weighted by atomic mass is 10.3. The summed E-state index contributed by atoms with van der Waals surface area (Å²) in [7, 11) is -2.54. The minimum absolute atomic E-state index is 0.219. The summed E-state index contributed by atoms with van der Waals surface area (Å²) in [6.45, 7) is 0.849. The minimum Gasteiger partial charge on any atom is -0.355 e. The van der Waals surface area contributed by atoms with Crippen LogP contribution in [0.4, 0.5) is 19.0 Å². The lowest BCUT2D eigenvalue weighted by Crippen LogP contribution is -2.40. The van der Waals surface area contributed by atoms with E-state index in [0.717, 1.165) is 12.4 Å². The minimum atomic E-state index is -4.57. The lowest BCUT2D eigenvalue weighted by molar-refractivity contribution is -0.141. The molecule has 0 saturated carbocycles. The first-order valence-electron chi connectivity index (χ1n) is 7.96. The Hall–Kier alpha value is -2.76. The van der Waals surface area contributed by atoms with Gasteiger partial charge >= 0.3 is 6.18 Å². The van der Waals surface area contributed by atoms with Crippen molar-refractivity contribution in [2.24, 2.45) is 0 Å². The van der Waals surface area contributed by atoms with E-state index >= 15 is 0 Å². The van der Waals surface area contributed by atoms with Gasteiger partial charge in [0.05, 0.1) is 12.4 Å². The second-order valence-corrected chi connectivity index (χ2v) is 8.53. The van der Waals surface area contributed by atoms with Crippen molar-refractivity contribution in [2.75, 3.05) is 29.5 Å². The zero-order valence-corrected chi connectivity index (χ0v) is 14.7. The molecule has 12 heteroatoms. The molecule has 0 amide bonds. The molecule has 1 aliphatic rings. The summed E-state index contributed by atoms with van der Waals surface area (Å²) in [5, 5.41) is 0. The van der Waals surface area contributed by atoms with Gasteiger partial charge in [0, 0.05) is 46.7 Å². The van der Waals surface area contributed by atoms with Gasteiger partial charge in [-0.1, -0.05) is 0 Å². The highest BCUT2D eigenvalue weighted by atomic mass is 32.2. The molecule has 0 spiro atoms. The Morgan fingerprint density at radius 3 is 2.56 bits per heavy atom. The van der Waals surface area contributed by atoms with Gasteiger partial charge in [-0.3, -0.25) is 9.18 Å². The molecule has 0 aromatic carbocycles. The standard InChI is InChI=1S/C15H14F3N7OS/c16-15(17,18)11-9-25-10(7-22-13(25)8-21-11)14-20-2-1-12(23-14)24-3-5-27(19,26)6-4-24/h1-2,7-9,19H,3-6H2. The van der Waals surface area contributed by atoms with Gasteiger partial charge < -0.3 is 4.90 Å². The molecule has 0 bridgehead atoms. The SMILES string of the molecule is N=S1(=O)CCN(c2ccnc(-c3cnc4cnc(C(F)(F)F)cn34)n2)CC1. The van der Waals surface area contributed by atoms with Crippen LogP contribution < -0.4 is 4.90 Å². The van der Waals surface area contributed by atoms with Crippen LogP contribution in [0.3, 0.4) is 0 Å². The molecule has 1 aliphatic heterocycles. The number of hydrogen-bond acceptors (Lipinski definition) is 7. The average molecular weight is 397 g/mol. The molecule has 1 saturated heterocycles.